The summed E-state index contributed by atoms with van der Waals surface area (Å²) < 4.78 is 36.1. The van der Waals surface area contributed by atoms with Crippen LogP contribution in [0.3, 0.4) is 0 Å². The average molecular weight is 436 g/mol. The number of rotatable bonds is 7. The van der Waals surface area contributed by atoms with E-state index in [1.54, 1.807) is 23.8 Å². The molecule has 9 heteroatoms. The van der Waals surface area contributed by atoms with E-state index >= 15 is 0 Å². The molecule has 0 saturated carbocycles. The smallest absolute Gasteiger partial charge is 0.387 e. The second kappa shape index (κ2) is 9.13. The van der Waals surface area contributed by atoms with Gasteiger partial charge in [0.2, 0.25) is 11.7 Å². The van der Waals surface area contributed by atoms with Gasteiger partial charge in [0.1, 0.15) is 5.75 Å². The zero-order chi connectivity index (χ0) is 21.8. The lowest BCUT2D eigenvalue weighted by Crippen LogP contribution is -2.19. The Morgan fingerprint density at radius 1 is 1.17 bits per heavy atom. The first-order chi connectivity index (χ1) is 14.3. The molecule has 1 N–H and O–H groups in total. The van der Waals surface area contributed by atoms with Crippen LogP contribution in [0.1, 0.15) is 16.7 Å². The second-order valence-corrected chi connectivity index (χ2v) is 7.04. The van der Waals surface area contributed by atoms with Crippen molar-refractivity contribution in [1.29, 1.82) is 0 Å². The van der Waals surface area contributed by atoms with E-state index in [4.69, 9.17) is 16.3 Å². The number of hydrogen-bond donors (Lipinski definition) is 1. The van der Waals surface area contributed by atoms with E-state index in [2.05, 4.69) is 15.0 Å². The number of benzene rings is 2. The first-order valence-corrected chi connectivity index (χ1v) is 9.37. The molecule has 0 radical (unpaired) electrons. The molecule has 0 atom stereocenters. The van der Waals surface area contributed by atoms with Gasteiger partial charge < -0.3 is 19.4 Å². The van der Waals surface area contributed by atoms with Crippen molar-refractivity contribution in [3.8, 4) is 11.5 Å². The number of aromatic nitrogens is 2. The lowest BCUT2D eigenvalue weighted by molar-refractivity contribution is -0.0498. The van der Waals surface area contributed by atoms with Crippen LogP contribution in [0.5, 0.6) is 11.5 Å². The highest BCUT2D eigenvalue weighted by molar-refractivity contribution is 6.31. The van der Waals surface area contributed by atoms with Gasteiger partial charge in [-0.15, -0.1) is 0 Å². The molecule has 0 aliphatic carbocycles. The lowest BCUT2D eigenvalue weighted by atomic mass is 10.1. The molecule has 0 amide bonds. The summed E-state index contributed by atoms with van der Waals surface area (Å²) >= 11 is 6.22. The maximum absolute atomic E-state index is 12.4. The van der Waals surface area contributed by atoms with Gasteiger partial charge in [-0.05, 0) is 54.8 Å². The molecule has 3 rings (SSSR count). The van der Waals surface area contributed by atoms with E-state index in [9.17, 15) is 13.6 Å². The molecular weight excluding hydrogens is 416 g/mol. The van der Waals surface area contributed by atoms with Crippen LogP contribution in [0.4, 0.5) is 20.4 Å². The van der Waals surface area contributed by atoms with Crippen molar-refractivity contribution in [2.24, 2.45) is 0 Å². The van der Waals surface area contributed by atoms with Gasteiger partial charge in [0.25, 0.3) is 0 Å². The van der Waals surface area contributed by atoms with Gasteiger partial charge in [0, 0.05) is 10.7 Å². The standard InChI is InChI=1S/C21H20ClF2N3O3/c1-12-4-5-14(9-16(12)22)10-27-11-18(29-3)19(28)26-21(27)25-17-7-6-15(8-13(17)2)30-20(23)24/h4-9,11,20H,10H2,1-3H3,(H,25,26,28). The molecule has 3 aromatic rings. The number of hydrogen-bond acceptors (Lipinski definition) is 5. The van der Waals surface area contributed by atoms with Gasteiger partial charge in [-0.25, -0.2) is 0 Å². The Hall–Kier alpha value is -3.13. The predicted octanol–water partition coefficient (Wildman–Crippen LogP) is 4.92. The lowest BCUT2D eigenvalue weighted by Gasteiger charge is -2.17. The van der Waals surface area contributed by atoms with Crippen LogP contribution < -0.4 is 20.3 Å². The quantitative estimate of drug-likeness (QED) is 0.571. The van der Waals surface area contributed by atoms with E-state index in [-0.39, 0.29) is 17.4 Å². The van der Waals surface area contributed by atoms with Crippen LogP contribution in [0.15, 0.2) is 47.4 Å². The third-order valence-electron chi connectivity index (χ3n) is 4.44. The van der Waals surface area contributed by atoms with Crippen LogP contribution in [0.25, 0.3) is 0 Å². The topological polar surface area (TPSA) is 65.4 Å². The molecule has 1 aromatic heterocycles. The highest BCUT2D eigenvalue weighted by atomic mass is 35.5. The molecule has 6 nitrogen and oxygen atoms in total. The average Bonchev–Trinajstić information content (AvgIpc) is 2.68. The third-order valence-corrected chi connectivity index (χ3v) is 4.85. The third kappa shape index (κ3) is 5.07. The second-order valence-electron chi connectivity index (χ2n) is 6.63. The fourth-order valence-electron chi connectivity index (χ4n) is 2.84. The van der Waals surface area contributed by atoms with Crippen LogP contribution in [0.2, 0.25) is 5.02 Å². The zero-order valence-electron chi connectivity index (χ0n) is 16.6. The Morgan fingerprint density at radius 3 is 2.57 bits per heavy atom. The van der Waals surface area contributed by atoms with E-state index in [0.29, 0.717) is 22.8 Å². The summed E-state index contributed by atoms with van der Waals surface area (Å²) in [6.07, 6.45) is 1.55. The molecule has 0 spiro atoms. The van der Waals surface area contributed by atoms with Gasteiger partial charge in [-0.2, -0.15) is 13.8 Å². The predicted molar refractivity (Wildman–Crippen MR) is 111 cm³/mol. The number of methoxy groups -OCH3 is 1. The minimum atomic E-state index is -2.90. The van der Waals surface area contributed by atoms with E-state index < -0.39 is 12.2 Å². The van der Waals surface area contributed by atoms with Crippen molar-refractivity contribution < 1.29 is 18.3 Å². The monoisotopic (exact) mass is 435 g/mol. The number of ether oxygens (including phenoxy) is 2. The molecule has 0 aliphatic heterocycles. The van der Waals surface area contributed by atoms with Crippen molar-refractivity contribution in [2.75, 3.05) is 12.4 Å². The van der Waals surface area contributed by atoms with Crippen LogP contribution >= 0.6 is 11.6 Å². The normalized spacial score (nSPS) is 10.9. The van der Waals surface area contributed by atoms with Gasteiger partial charge in [-0.1, -0.05) is 23.7 Å². The van der Waals surface area contributed by atoms with E-state index in [0.717, 1.165) is 11.1 Å². The summed E-state index contributed by atoms with van der Waals surface area (Å²) in [4.78, 5) is 16.3. The summed E-state index contributed by atoms with van der Waals surface area (Å²) in [6, 6.07) is 10.1. The highest BCUT2D eigenvalue weighted by Gasteiger charge is 2.13. The Bertz CT molecular complexity index is 1120. The van der Waals surface area contributed by atoms with Crippen molar-refractivity contribution in [3.63, 3.8) is 0 Å². The number of aryl methyl sites for hydroxylation is 2. The van der Waals surface area contributed by atoms with Crippen LogP contribution in [0, 0.1) is 13.8 Å². The fourth-order valence-corrected chi connectivity index (χ4v) is 3.04. The molecule has 30 heavy (non-hydrogen) atoms. The van der Waals surface area contributed by atoms with E-state index in [1.165, 1.54) is 19.2 Å². The molecule has 158 valence electrons. The molecule has 0 bridgehead atoms. The Kier molecular flexibility index (Phi) is 6.56. The summed E-state index contributed by atoms with van der Waals surface area (Å²) in [6.45, 7) is 1.11. The van der Waals surface area contributed by atoms with Crippen LogP contribution in [-0.2, 0) is 6.54 Å². The fraction of sp³-hybridized carbons (Fsp3) is 0.238. The number of alkyl halides is 2. The largest absolute Gasteiger partial charge is 0.490 e. The molecule has 2 aromatic carbocycles. The maximum Gasteiger partial charge on any atom is 0.387 e. The molecular formula is C21H20ClF2N3O3. The molecule has 0 saturated heterocycles. The Labute approximate surface area is 177 Å². The van der Waals surface area contributed by atoms with Gasteiger partial charge >= 0.3 is 12.2 Å². The summed E-state index contributed by atoms with van der Waals surface area (Å²) in [7, 11) is 1.39. The van der Waals surface area contributed by atoms with Crippen molar-refractivity contribution >= 4 is 23.2 Å². The SMILES string of the molecule is COc1cn(Cc2ccc(C)c(Cl)c2)c(Nc2ccc(OC(F)F)cc2C)nc1=O. The maximum atomic E-state index is 12.4. The van der Waals surface area contributed by atoms with Crippen molar-refractivity contribution in [1.82, 2.24) is 9.55 Å². The minimum Gasteiger partial charge on any atom is -0.490 e. The molecule has 0 unspecified atom stereocenters. The Morgan fingerprint density at radius 2 is 1.93 bits per heavy atom. The molecule has 1 heterocycles. The molecule has 0 aliphatic rings. The molecule has 0 fully saturated rings. The van der Waals surface area contributed by atoms with Crippen molar-refractivity contribution in [2.45, 2.75) is 27.0 Å². The van der Waals surface area contributed by atoms with Gasteiger partial charge in [0.05, 0.1) is 19.9 Å². The number of halogens is 3. The van der Waals surface area contributed by atoms with Crippen LogP contribution in [-0.4, -0.2) is 23.3 Å². The van der Waals surface area contributed by atoms with Crippen molar-refractivity contribution in [3.05, 3.63) is 74.7 Å². The number of nitrogens with zero attached hydrogens (tertiary/aromatic N) is 2. The number of nitrogens with one attached hydrogen (secondary N) is 1. The minimum absolute atomic E-state index is 0.0439. The first kappa shape index (κ1) is 21.6. The zero-order valence-corrected chi connectivity index (χ0v) is 17.3. The van der Waals surface area contributed by atoms with E-state index in [1.807, 2.05) is 25.1 Å². The first-order valence-electron chi connectivity index (χ1n) is 9.00. The van der Waals surface area contributed by atoms with Gasteiger partial charge in [0.15, 0.2) is 0 Å². The number of anilines is 2. The Balaban J connectivity index is 1.96. The summed E-state index contributed by atoms with van der Waals surface area (Å²) in [5, 5.41) is 3.71. The highest BCUT2D eigenvalue weighted by Crippen LogP contribution is 2.26. The van der Waals surface area contributed by atoms with Gasteiger partial charge in [-0.3, -0.25) is 4.79 Å². The summed E-state index contributed by atoms with van der Waals surface area (Å²) in [5.41, 5.74) is 2.55. The summed E-state index contributed by atoms with van der Waals surface area (Å²) in [5.74, 6) is 0.404.